The first-order chi connectivity index (χ1) is 16.0. The summed E-state index contributed by atoms with van der Waals surface area (Å²) >= 11 is 0. The molecular weight excluding hydrogens is 511 g/mol. The Labute approximate surface area is 199 Å². The smallest absolute Gasteiger partial charge is 0.324 e. The molecule has 3 heterocycles. The molecule has 3 aromatic rings. The second-order valence-corrected chi connectivity index (χ2v) is 12.3. The van der Waals surface area contributed by atoms with Crippen LogP contribution < -0.4 is 4.90 Å². The van der Waals surface area contributed by atoms with Crippen molar-refractivity contribution in [2.75, 3.05) is 29.7 Å². The monoisotopic (exact) mass is 533 g/mol. The van der Waals surface area contributed by atoms with Crippen molar-refractivity contribution in [2.45, 2.75) is 24.4 Å². The molecule has 0 saturated carbocycles. The predicted octanol–water partition coefficient (Wildman–Crippen LogP) is 2.24. The van der Waals surface area contributed by atoms with Gasteiger partial charge in [0.1, 0.15) is 21.2 Å². The van der Waals surface area contributed by atoms with E-state index in [4.69, 9.17) is 0 Å². The molecule has 3 rings (SSSR count). The lowest BCUT2D eigenvalue weighted by Crippen LogP contribution is -2.28. The van der Waals surface area contributed by atoms with Gasteiger partial charge >= 0.3 is 6.18 Å². The minimum absolute atomic E-state index is 0.00856. The van der Waals surface area contributed by atoms with Crippen LogP contribution in [0, 0.1) is 0 Å². The summed E-state index contributed by atoms with van der Waals surface area (Å²) in [4.78, 5) is 25.0. The number of carbonyl (C=O) groups is 1. The molecule has 0 aliphatic rings. The molecule has 35 heavy (non-hydrogen) atoms. The van der Waals surface area contributed by atoms with Gasteiger partial charge in [-0.15, -0.1) is 0 Å². The number of nitrogens with zero attached hydrogens (tertiary/aromatic N) is 5. The second-order valence-electron chi connectivity index (χ2n) is 7.83. The number of aryl methyl sites for hydroxylation is 1. The standard InChI is InChI=1S/C20H22F3N5O5S2/c1-5-35(32,33)15-8-12(27(2)17(29)6-7-34(4,30)31)10-25-18(15)19-26-13-9-16(20(21,22)23)24-11-14(13)28(19)3/h8-11H,5-7H2,1-4H3. The Kier molecular flexibility index (Phi) is 6.96. The predicted molar refractivity (Wildman–Crippen MR) is 122 cm³/mol. The van der Waals surface area contributed by atoms with E-state index in [0.29, 0.717) is 0 Å². The number of hydrogen-bond acceptors (Lipinski definition) is 8. The minimum atomic E-state index is -4.68. The SMILES string of the molecule is CCS(=O)(=O)c1cc(N(C)C(=O)CCS(C)(=O)=O)cnc1-c1nc2cc(C(F)(F)F)ncc2n1C. The number of hydrogen-bond donors (Lipinski definition) is 0. The average molecular weight is 534 g/mol. The van der Waals surface area contributed by atoms with Crippen LogP contribution in [-0.4, -0.2) is 67.1 Å². The number of amides is 1. The molecule has 0 aliphatic heterocycles. The molecular formula is C20H22F3N5O5S2. The molecule has 0 bridgehead atoms. The first-order valence-electron chi connectivity index (χ1n) is 10.1. The van der Waals surface area contributed by atoms with Gasteiger partial charge in [0, 0.05) is 26.8 Å². The highest BCUT2D eigenvalue weighted by Gasteiger charge is 2.33. The number of pyridine rings is 2. The van der Waals surface area contributed by atoms with Crippen LogP contribution in [0.5, 0.6) is 0 Å². The highest BCUT2D eigenvalue weighted by molar-refractivity contribution is 7.91. The topological polar surface area (TPSA) is 132 Å². The van der Waals surface area contributed by atoms with Crippen molar-refractivity contribution in [3.8, 4) is 11.5 Å². The normalized spacial score (nSPS) is 12.8. The van der Waals surface area contributed by atoms with E-state index in [9.17, 15) is 34.8 Å². The zero-order chi connectivity index (χ0) is 26.3. The molecule has 15 heteroatoms. The summed E-state index contributed by atoms with van der Waals surface area (Å²) < 4.78 is 89.1. The summed E-state index contributed by atoms with van der Waals surface area (Å²) in [5.74, 6) is -1.28. The third-order valence-corrected chi connectivity index (χ3v) is 7.96. The third kappa shape index (κ3) is 5.61. The van der Waals surface area contributed by atoms with Gasteiger partial charge < -0.3 is 9.47 Å². The van der Waals surface area contributed by atoms with E-state index in [0.717, 1.165) is 23.4 Å². The Morgan fingerprint density at radius 2 is 1.77 bits per heavy atom. The van der Waals surface area contributed by atoms with Crippen LogP contribution in [0.15, 0.2) is 29.4 Å². The summed E-state index contributed by atoms with van der Waals surface area (Å²) in [7, 11) is -4.48. The number of carbonyl (C=O) groups excluding carboxylic acids is 1. The van der Waals surface area contributed by atoms with Gasteiger partial charge in [-0.1, -0.05) is 6.92 Å². The molecule has 190 valence electrons. The van der Waals surface area contributed by atoms with Crippen molar-refractivity contribution in [3.05, 3.63) is 30.2 Å². The first kappa shape index (κ1) is 26.5. The maximum Gasteiger partial charge on any atom is 0.433 e. The van der Waals surface area contributed by atoms with Gasteiger partial charge in [-0.3, -0.25) is 4.79 Å². The maximum atomic E-state index is 13.1. The Morgan fingerprint density at radius 1 is 1.11 bits per heavy atom. The third-order valence-electron chi connectivity index (χ3n) is 5.27. The van der Waals surface area contributed by atoms with E-state index >= 15 is 0 Å². The Balaban J connectivity index is 2.13. The van der Waals surface area contributed by atoms with Gasteiger partial charge in [-0.25, -0.2) is 31.8 Å². The molecule has 1 amide bonds. The van der Waals surface area contributed by atoms with Crippen LogP contribution in [0.2, 0.25) is 0 Å². The number of alkyl halides is 3. The molecule has 0 aromatic carbocycles. The van der Waals surface area contributed by atoms with Crippen molar-refractivity contribution in [1.29, 1.82) is 0 Å². The van der Waals surface area contributed by atoms with Crippen molar-refractivity contribution >= 4 is 42.3 Å². The fourth-order valence-electron chi connectivity index (χ4n) is 3.22. The summed E-state index contributed by atoms with van der Waals surface area (Å²) in [6.07, 6.45) is -1.80. The summed E-state index contributed by atoms with van der Waals surface area (Å²) in [5, 5.41) is 0. The molecule has 0 N–H and O–H groups in total. The lowest BCUT2D eigenvalue weighted by Gasteiger charge is -2.19. The number of rotatable bonds is 7. The van der Waals surface area contributed by atoms with E-state index in [1.54, 1.807) is 0 Å². The fraction of sp³-hybridized carbons (Fsp3) is 0.400. The molecule has 3 aromatic heterocycles. The summed E-state index contributed by atoms with van der Waals surface area (Å²) in [5.41, 5.74) is -0.983. The maximum absolute atomic E-state index is 13.1. The van der Waals surface area contributed by atoms with Crippen LogP contribution in [0.1, 0.15) is 19.0 Å². The van der Waals surface area contributed by atoms with Crippen LogP contribution in [0.3, 0.4) is 0 Å². The van der Waals surface area contributed by atoms with Crippen molar-refractivity contribution in [1.82, 2.24) is 19.5 Å². The van der Waals surface area contributed by atoms with Gasteiger partial charge in [-0.2, -0.15) is 13.2 Å². The zero-order valence-electron chi connectivity index (χ0n) is 19.2. The Bertz CT molecular complexity index is 1520. The average Bonchev–Trinajstić information content (AvgIpc) is 3.11. The van der Waals surface area contributed by atoms with E-state index in [-0.39, 0.29) is 51.1 Å². The quantitative estimate of drug-likeness (QED) is 0.452. The Morgan fingerprint density at radius 3 is 2.34 bits per heavy atom. The molecule has 0 spiro atoms. The Hall–Kier alpha value is -3.07. The van der Waals surface area contributed by atoms with Crippen LogP contribution >= 0.6 is 0 Å². The first-order valence-corrected chi connectivity index (χ1v) is 13.8. The summed E-state index contributed by atoms with van der Waals surface area (Å²) in [6.45, 7) is 1.40. The van der Waals surface area contributed by atoms with Crippen molar-refractivity contribution in [2.24, 2.45) is 7.05 Å². The molecule has 0 unspecified atom stereocenters. The lowest BCUT2D eigenvalue weighted by atomic mass is 10.3. The van der Waals surface area contributed by atoms with E-state index in [2.05, 4.69) is 15.0 Å². The summed E-state index contributed by atoms with van der Waals surface area (Å²) in [6, 6.07) is 1.97. The van der Waals surface area contributed by atoms with E-state index in [1.165, 1.54) is 37.8 Å². The van der Waals surface area contributed by atoms with Crippen LogP contribution in [0.25, 0.3) is 22.6 Å². The van der Waals surface area contributed by atoms with E-state index < -0.39 is 37.5 Å². The number of aromatic nitrogens is 4. The lowest BCUT2D eigenvalue weighted by molar-refractivity contribution is -0.141. The molecule has 0 aliphatic carbocycles. The molecule has 0 saturated heterocycles. The van der Waals surface area contributed by atoms with E-state index in [1.807, 2.05) is 0 Å². The number of halogens is 3. The van der Waals surface area contributed by atoms with Crippen molar-refractivity contribution < 1.29 is 34.8 Å². The second kappa shape index (κ2) is 9.18. The highest BCUT2D eigenvalue weighted by atomic mass is 32.2. The van der Waals surface area contributed by atoms with Gasteiger partial charge in [0.05, 0.1) is 45.5 Å². The van der Waals surface area contributed by atoms with Crippen LogP contribution in [0.4, 0.5) is 18.9 Å². The highest BCUT2D eigenvalue weighted by Crippen LogP contribution is 2.33. The molecule has 0 radical (unpaired) electrons. The molecule has 10 nitrogen and oxygen atoms in total. The number of sulfone groups is 2. The van der Waals surface area contributed by atoms with Gasteiger partial charge in [0.15, 0.2) is 15.7 Å². The fourth-order valence-corrected chi connectivity index (χ4v) is 4.81. The van der Waals surface area contributed by atoms with Gasteiger partial charge in [0.25, 0.3) is 0 Å². The zero-order valence-corrected chi connectivity index (χ0v) is 20.8. The number of fused-ring (bicyclic) bond motifs is 1. The van der Waals surface area contributed by atoms with Gasteiger partial charge in [-0.05, 0) is 12.1 Å². The number of anilines is 1. The van der Waals surface area contributed by atoms with Crippen LogP contribution in [-0.2, 0) is 37.7 Å². The molecule has 0 fully saturated rings. The number of imidazole rings is 1. The largest absolute Gasteiger partial charge is 0.433 e. The van der Waals surface area contributed by atoms with Gasteiger partial charge in [0.2, 0.25) is 5.91 Å². The van der Waals surface area contributed by atoms with Crippen molar-refractivity contribution in [3.63, 3.8) is 0 Å². The molecule has 0 atom stereocenters. The minimum Gasteiger partial charge on any atom is -0.324 e.